The maximum atomic E-state index is 4.94. The number of nitrogens with zero attached hydrogens (tertiary/aromatic N) is 3. The van der Waals surface area contributed by atoms with Crippen LogP contribution >= 0.6 is 0 Å². The van der Waals surface area contributed by atoms with Crippen LogP contribution in [-0.2, 0) is 0 Å². The molecule has 0 aliphatic rings. The van der Waals surface area contributed by atoms with E-state index in [9.17, 15) is 0 Å². The lowest BCUT2D eigenvalue weighted by Crippen LogP contribution is -1.96. The van der Waals surface area contributed by atoms with Gasteiger partial charge in [0.1, 0.15) is 5.65 Å². The van der Waals surface area contributed by atoms with Crippen molar-refractivity contribution >= 4 is 65.3 Å². The SMILES string of the molecule is c1ccc(-n2c3ccccc3c3ccc4c(c5cccnc5n4-c4ccc5cc6ccccc6cc5c4)c32)cc1. The summed E-state index contributed by atoms with van der Waals surface area (Å²) in [4.78, 5) is 4.94. The molecule has 186 valence electrons. The van der Waals surface area contributed by atoms with Crippen molar-refractivity contribution in [1.29, 1.82) is 0 Å². The summed E-state index contributed by atoms with van der Waals surface area (Å²) in [5.74, 6) is 0. The highest BCUT2D eigenvalue weighted by atomic mass is 15.1. The van der Waals surface area contributed by atoms with Crippen molar-refractivity contribution in [3.63, 3.8) is 0 Å². The fourth-order valence-electron chi connectivity index (χ4n) is 6.56. The summed E-state index contributed by atoms with van der Waals surface area (Å²) < 4.78 is 4.74. The molecule has 0 saturated carbocycles. The Labute approximate surface area is 230 Å². The van der Waals surface area contributed by atoms with E-state index in [1.165, 1.54) is 48.7 Å². The van der Waals surface area contributed by atoms with Crippen molar-refractivity contribution in [3.8, 4) is 11.4 Å². The molecule has 0 spiro atoms. The molecule has 0 atom stereocenters. The first-order chi connectivity index (χ1) is 19.8. The Hall–Kier alpha value is -5.41. The third kappa shape index (κ3) is 2.92. The molecule has 0 saturated heterocycles. The monoisotopic (exact) mass is 509 g/mol. The van der Waals surface area contributed by atoms with E-state index in [-0.39, 0.29) is 0 Å². The molecule has 3 nitrogen and oxygen atoms in total. The van der Waals surface area contributed by atoms with Gasteiger partial charge in [0.25, 0.3) is 0 Å². The summed E-state index contributed by atoms with van der Waals surface area (Å²) in [5.41, 5.74) is 6.81. The number of hydrogen-bond donors (Lipinski definition) is 0. The van der Waals surface area contributed by atoms with Gasteiger partial charge in [-0.1, -0.05) is 72.8 Å². The van der Waals surface area contributed by atoms with Crippen molar-refractivity contribution in [3.05, 3.63) is 140 Å². The lowest BCUT2D eigenvalue weighted by atomic mass is 10.0. The van der Waals surface area contributed by atoms with E-state index in [1.54, 1.807) is 0 Å². The summed E-state index contributed by atoms with van der Waals surface area (Å²) in [6.07, 6.45) is 1.90. The van der Waals surface area contributed by atoms with Gasteiger partial charge < -0.3 is 4.57 Å². The van der Waals surface area contributed by atoms with Gasteiger partial charge in [0, 0.05) is 39.1 Å². The van der Waals surface area contributed by atoms with Gasteiger partial charge >= 0.3 is 0 Å². The highest BCUT2D eigenvalue weighted by molar-refractivity contribution is 6.25. The van der Waals surface area contributed by atoms with E-state index in [4.69, 9.17) is 4.98 Å². The van der Waals surface area contributed by atoms with Crippen LogP contribution in [0, 0.1) is 0 Å². The van der Waals surface area contributed by atoms with Crippen LogP contribution in [-0.4, -0.2) is 14.1 Å². The third-order valence-electron chi connectivity index (χ3n) is 8.28. The first-order valence-corrected chi connectivity index (χ1v) is 13.6. The molecule has 0 amide bonds. The Balaban J connectivity index is 1.44. The molecule has 9 rings (SSSR count). The van der Waals surface area contributed by atoms with Crippen LogP contribution in [0.25, 0.3) is 76.7 Å². The lowest BCUT2D eigenvalue weighted by molar-refractivity contribution is 1.14. The highest BCUT2D eigenvalue weighted by Crippen LogP contribution is 2.41. The summed E-state index contributed by atoms with van der Waals surface area (Å²) >= 11 is 0. The summed E-state index contributed by atoms with van der Waals surface area (Å²) in [6, 6.07) is 48.1. The number of fused-ring (bicyclic) bond motifs is 9. The van der Waals surface area contributed by atoms with Gasteiger partial charge in [-0.05, 0) is 82.2 Å². The van der Waals surface area contributed by atoms with Crippen molar-refractivity contribution in [1.82, 2.24) is 14.1 Å². The number of pyridine rings is 1. The van der Waals surface area contributed by atoms with Gasteiger partial charge in [-0.3, -0.25) is 4.57 Å². The smallest absolute Gasteiger partial charge is 0.145 e. The molecule has 0 fully saturated rings. The Morgan fingerprint density at radius 3 is 2.02 bits per heavy atom. The maximum Gasteiger partial charge on any atom is 0.145 e. The average Bonchev–Trinajstić information content (AvgIpc) is 3.53. The van der Waals surface area contributed by atoms with Crippen LogP contribution < -0.4 is 0 Å². The molecule has 0 bridgehead atoms. The standard InChI is InChI=1S/C37H23N3/c1-2-11-28(12-3-1)39-33-15-7-6-13-30(33)31-18-19-34-35(36(31)39)32-14-8-20-38-37(32)40(34)29-17-16-26-21-24-9-4-5-10-25(24)22-27(26)23-29/h1-23H. The number of para-hydroxylation sites is 2. The molecule has 3 heterocycles. The van der Waals surface area contributed by atoms with Gasteiger partial charge in [0.05, 0.1) is 16.6 Å². The molecular formula is C37H23N3. The first kappa shape index (κ1) is 21.5. The zero-order valence-electron chi connectivity index (χ0n) is 21.6. The zero-order chi connectivity index (χ0) is 26.2. The zero-order valence-corrected chi connectivity index (χ0v) is 21.6. The second kappa shape index (κ2) is 8.05. The molecule has 0 unspecified atom stereocenters. The van der Waals surface area contributed by atoms with Gasteiger partial charge in [0.15, 0.2) is 0 Å². The van der Waals surface area contributed by atoms with Crippen LogP contribution in [0.3, 0.4) is 0 Å². The third-order valence-corrected chi connectivity index (χ3v) is 8.28. The van der Waals surface area contributed by atoms with Gasteiger partial charge in [-0.25, -0.2) is 4.98 Å². The quantitative estimate of drug-likeness (QED) is 0.213. The van der Waals surface area contributed by atoms with Gasteiger partial charge in [0.2, 0.25) is 0 Å². The molecule has 40 heavy (non-hydrogen) atoms. The number of rotatable bonds is 2. The van der Waals surface area contributed by atoms with E-state index in [2.05, 4.69) is 137 Å². The van der Waals surface area contributed by atoms with E-state index in [1.807, 2.05) is 12.3 Å². The minimum atomic E-state index is 0.968. The number of aromatic nitrogens is 3. The van der Waals surface area contributed by atoms with Gasteiger partial charge in [-0.15, -0.1) is 0 Å². The minimum absolute atomic E-state index is 0.968. The van der Waals surface area contributed by atoms with E-state index < -0.39 is 0 Å². The number of hydrogen-bond acceptors (Lipinski definition) is 1. The van der Waals surface area contributed by atoms with Crippen LogP contribution in [0.1, 0.15) is 0 Å². The molecule has 3 aromatic heterocycles. The largest absolute Gasteiger partial charge is 0.309 e. The predicted molar refractivity (Wildman–Crippen MR) is 168 cm³/mol. The molecule has 0 aliphatic heterocycles. The molecular weight excluding hydrogens is 486 g/mol. The second-order valence-corrected chi connectivity index (χ2v) is 10.5. The minimum Gasteiger partial charge on any atom is -0.309 e. The van der Waals surface area contributed by atoms with Crippen LogP contribution in [0.4, 0.5) is 0 Å². The van der Waals surface area contributed by atoms with Crippen LogP contribution in [0.2, 0.25) is 0 Å². The topological polar surface area (TPSA) is 22.8 Å². The van der Waals surface area contributed by atoms with Crippen LogP contribution in [0.15, 0.2) is 140 Å². The first-order valence-electron chi connectivity index (χ1n) is 13.6. The van der Waals surface area contributed by atoms with E-state index in [0.717, 1.165) is 27.9 Å². The van der Waals surface area contributed by atoms with Crippen molar-refractivity contribution in [2.24, 2.45) is 0 Å². The van der Waals surface area contributed by atoms with Crippen LogP contribution in [0.5, 0.6) is 0 Å². The average molecular weight is 510 g/mol. The highest BCUT2D eigenvalue weighted by Gasteiger charge is 2.21. The van der Waals surface area contributed by atoms with E-state index >= 15 is 0 Å². The summed E-state index contributed by atoms with van der Waals surface area (Å²) in [5, 5.41) is 9.86. The summed E-state index contributed by atoms with van der Waals surface area (Å²) in [6.45, 7) is 0. The molecule has 6 aromatic carbocycles. The fraction of sp³-hybridized carbons (Fsp3) is 0. The van der Waals surface area contributed by atoms with Gasteiger partial charge in [-0.2, -0.15) is 0 Å². The Bertz CT molecular complexity index is 2430. The maximum absolute atomic E-state index is 4.94. The second-order valence-electron chi connectivity index (χ2n) is 10.5. The molecule has 0 radical (unpaired) electrons. The Kier molecular flexibility index (Phi) is 4.33. The van der Waals surface area contributed by atoms with E-state index in [0.29, 0.717) is 0 Å². The predicted octanol–water partition coefficient (Wildman–Crippen LogP) is 9.58. The molecule has 0 N–H and O–H groups in total. The van der Waals surface area contributed by atoms with Crippen molar-refractivity contribution in [2.45, 2.75) is 0 Å². The fourth-order valence-corrected chi connectivity index (χ4v) is 6.56. The normalized spacial score (nSPS) is 12.0. The van der Waals surface area contributed by atoms with Crippen molar-refractivity contribution in [2.75, 3.05) is 0 Å². The Morgan fingerprint density at radius 2 is 1.15 bits per heavy atom. The lowest BCUT2D eigenvalue weighted by Gasteiger charge is -2.11. The van der Waals surface area contributed by atoms with Crippen molar-refractivity contribution < 1.29 is 0 Å². The molecule has 9 aromatic rings. The molecule has 0 aliphatic carbocycles. The number of benzene rings is 6. The Morgan fingerprint density at radius 1 is 0.425 bits per heavy atom. The summed E-state index contributed by atoms with van der Waals surface area (Å²) in [7, 11) is 0. The molecule has 3 heteroatoms.